The van der Waals surface area contributed by atoms with E-state index in [1.54, 1.807) is 41.3 Å². The number of rotatable bonds is 10. The third-order valence-electron chi connectivity index (χ3n) is 4.73. The van der Waals surface area contributed by atoms with Gasteiger partial charge in [0.05, 0.1) is 7.11 Å². The Morgan fingerprint density at radius 3 is 2.16 bits per heavy atom. The summed E-state index contributed by atoms with van der Waals surface area (Å²) in [6, 6.07) is 12.9. The largest absolute Gasteiger partial charge is 0.497 e. The first-order valence-corrected chi connectivity index (χ1v) is 11.9. The van der Waals surface area contributed by atoms with Crippen LogP contribution in [0.2, 0.25) is 0 Å². The summed E-state index contributed by atoms with van der Waals surface area (Å²) in [5.74, 6) is 0.784. The van der Waals surface area contributed by atoms with Crippen LogP contribution in [0, 0.1) is 5.41 Å². The monoisotopic (exact) mass is 462 g/mol. The van der Waals surface area contributed by atoms with E-state index >= 15 is 0 Å². The van der Waals surface area contributed by atoms with Crippen molar-refractivity contribution in [2.24, 2.45) is 5.41 Å². The molecule has 176 valence electrons. The molecule has 2 rings (SSSR count). The normalized spacial score (nSPS) is 12.0. The fourth-order valence-electron chi connectivity index (χ4n) is 3.01. The van der Waals surface area contributed by atoms with E-state index in [-0.39, 0.29) is 28.5 Å². The molecule has 0 radical (unpaired) electrons. The highest BCUT2D eigenvalue weighted by Gasteiger charge is 2.24. The van der Waals surface area contributed by atoms with Gasteiger partial charge in [-0.15, -0.1) is 0 Å². The number of carbonyl (C=O) groups excluding carboxylic acids is 1. The Kier molecular flexibility index (Phi) is 8.69. The van der Waals surface area contributed by atoms with Crippen LogP contribution in [0.1, 0.15) is 32.8 Å². The van der Waals surface area contributed by atoms with Gasteiger partial charge in [0.25, 0.3) is 0 Å². The Balaban J connectivity index is 2.28. The molecule has 0 aromatic heterocycles. The van der Waals surface area contributed by atoms with Gasteiger partial charge < -0.3 is 18.7 Å². The van der Waals surface area contributed by atoms with Gasteiger partial charge in [0.15, 0.2) is 0 Å². The molecule has 2 aromatic carbocycles. The maximum absolute atomic E-state index is 13.0. The van der Waals surface area contributed by atoms with E-state index in [0.29, 0.717) is 30.8 Å². The number of hydrogen-bond donors (Lipinski definition) is 0. The Morgan fingerprint density at radius 2 is 1.59 bits per heavy atom. The van der Waals surface area contributed by atoms with Crippen molar-refractivity contribution < 1.29 is 22.1 Å². The molecular weight excluding hydrogens is 428 g/mol. The summed E-state index contributed by atoms with van der Waals surface area (Å²) in [7, 11) is 1.37. The van der Waals surface area contributed by atoms with Gasteiger partial charge in [-0.3, -0.25) is 4.79 Å². The van der Waals surface area contributed by atoms with Crippen molar-refractivity contribution in [2.45, 2.75) is 38.6 Å². The summed E-state index contributed by atoms with van der Waals surface area (Å²) in [5.41, 5.74) is 0.479. The predicted octanol–water partition coefficient (Wildman–Crippen LogP) is 3.79. The molecule has 0 saturated heterocycles. The first-order valence-electron chi connectivity index (χ1n) is 10.5. The van der Waals surface area contributed by atoms with Crippen LogP contribution in [0.5, 0.6) is 11.5 Å². The van der Waals surface area contributed by atoms with Gasteiger partial charge in [-0.25, -0.2) is 0 Å². The maximum Gasteiger partial charge on any atom is 0.339 e. The van der Waals surface area contributed by atoms with E-state index in [9.17, 15) is 13.2 Å². The zero-order valence-electron chi connectivity index (χ0n) is 19.8. The van der Waals surface area contributed by atoms with Crippen LogP contribution in [0.4, 0.5) is 0 Å². The number of hydrogen-bond acceptors (Lipinski definition) is 6. The van der Waals surface area contributed by atoms with Crippen molar-refractivity contribution >= 4 is 16.0 Å². The van der Waals surface area contributed by atoms with E-state index in [2.05, 4.69) is 0 Å². The lowest BCUT2D eigenvalue weighted by atomic mass is 9.91. The number of carbonyl (C=O) groups is 1. The summed E-state index contributed by atoms with van der Waals surface area (Å²) in [5, 5.41) is 0. The van der Waals surface area contributed by atoms with Gasteiger partial charge in [-0.2, -0.15) is 8.42 Å². The fourth-order valence-corrected chi connectivity index (χ4v) is 3.97. The average Bonchev–Trinajstić information content (AvgIpc) is 2.70. The predicted molar refractivity (Wildman–Crippen MR) is 125 cm³/mol. The number of benzene rings is 2. The first kappa shape index (κ1) is 25.7. The number of para-hydroxylation sites is 1. The molecule has 0 atom stereocenters. The number of likely N-dealkylation sites (N-methyl/N-ethyl adjacent to an activating group) is 1. The second-order valence-electron chi connectivity index (χ2n) is 9.18. The maximum atomic E-state index is 13.0. The van der Waals surface area contributed by atoms with E-state index in [1.165, 1.54) is 19.2 Å². The van der Waals surface area contributed by atoms with Gasteiger partial charge in [-0.1, -0.05) is 39.0 Å². The Bertz CT molecular complexity index is 996. The quantitative estimate of drug-likeness (QED) is 0.500. The number of ether oxygens (including phenoxy) is 1. The Labute approximate surface area is 192 Å². The molecule has 2 aromatic rings. The van der Waals surface area contributed by atoms with Gasteiger partial charge in [0.1, 0.15) is 16.4 Å². The molecule has 0 unspecified atom stereocenters. The average molecular weight is 463 g/mol. The standard InChI is InChI=1S/C24H34N2O5S/c1-24(2,3)17-23(27)26(16-15-25(4)5)18-19-9-7-8-10-22(19)31-32(28,29)21-13-11-20(30-6)12-14-21/h7-14H,15-18H2,1-6H3. The minimum absolute atomic E-state index is 0.0205. The van der Waals surface area contributed by atoms with E-state index in [0.717, 1.165) is 0 Å². The molecule has 32 heavy (non-hydrogen) atoms. The molecule has 1 amide bonds. The molecule has 0 saturated carbocycles. The SMILES string of the molecule is COc1ccc(S(=O)(=O)Oc2ccccc2CN(CCN(C)C)C(=O)CC(C)(C)C)cc1. The minimum Gasteiger partial charge on any atom is -0.497 e. The van der Waals surface area contributed by atoms with Crippen molar-refractivity contribution in [1.82, 2.24) is 9.80 Å². The van der Waals surface area contributed by atoms with Gasteiger partial charge in [0, 0.05) is 31.6 Å². The lowest BCUT2D eigenvalue weighted by molar-refractivity contribution is -0.133. The third-order valence-corrected chi connectivity index (χ3v) is 5.98. The van der Waals surface area contributed by atoms with Crippen LogP contribution in [-0.2, 0) is 21.5 Å². The molecule has 0 aliphatic rings. The molecule has 0 N–H and O–H groups in total. The highest BCUT2D eigenvalue weighted by atomic mass is 32.2. The Hall–Kier alpha value is -2.58. The molecular formula is C24H34N2O5S. The number of amides is 1. The second-order valence-corrected chi connectivity index (χ2v) is 10.7. The van der Waals surface area contributed by atoms with Crippen LogP contribution < -0.4 is 8.92 Å². The molecule has 0 aliphatic carbocycles. The van der Waals surface area contributed by atoms with Crippen LogP contribution >= 0.6 is 0 Å². The highest BCUT2D eigenvalue weighted by Crippen LogP contribution is 2.27. The van der Waals surface area contributed by atoms with Crippen molar-refractivity contribution in [3.05, 3.63) is 54.1 Å². The summed E-state index contributed by atoms with van der Waals surface area (Å²) < 4.78 is 36.2. The van der Waals surface area contributed by atoms with Gasteiger partial charge in [0.2, 0.25) is 5.91 Å². The number of methoxy groups -OCH3 is 1. The zero-order chi connectivity index (χ0) is 23.9. The van der Waals surface area contributed by atoms with Crippen molar-refractivity contribution in [2.75, 3.05) is 34.3 Å². The molecule has 0 fully saturated rings. The van der Waals surface area contributed by atoms with Crippen molar-refractivity contribution in [1.29, 1.82) is 0 Å². The van der Waals surface area contributed by atoms with E-state index in [4.69, 9.17) is 8.92 Å². The fraction of sp³-hybridized carbons (Fsp3) is 0.458. The molecule has 0 heterocycles. The molecule has 8 heteroatoms. The van der Waals surface area contributed by atoms with Crippen LogP contribution in [0.3, 0.4) is 0 Å². The molecule has 0 aliphatic heterocycles. The lowest BCUT2D eigenvalue weighted by Gasteiger charge is -2.28. The van der Waals surface area contributed by atoms with E-state index in [1.807, 2.05) is 39.8 Å². The van der Waals surface area contributed by atoms with Crippen LogP contribution in [0.25, 0.3) is 0 Å². The smallest absolute Gasteiger partial charge is 0.339 e. The van der Waals surface area contributed by atoms with Crippen molar-refractivity contribution in [3.63, 3.8) is 0 Å². The van der Waals surface area contributed by atoms with Crippen LogP contribution in [-0.4, -0.2) is 58.4 Å². The first-order chi connectivity index (χ1) is 14.9. The summed E-state index contributed by atoms with van der Waals surface area (Å²) in [6.45, 7) is 7.55. The lowest BCUT2D eigenvalue weighted by Crippen LogP contribution is -2.38. The topological polar surface area (TPSA) is 76.2 Å². The highest BCUT2D eigenvalue weighted by molar-refractivity contribution is 7.87. The molecule has 7 nitrogen and oxygen atoms in total. The van der Waals surface area contributed by atoms with Gasteiger partial charge >= 0.3 is 10.1 Å². The molecule has 0 bridgehead atoms. The van der Waals surface area contributed by atoms with Crippen LogP contribution in [0.15, 0.2) is 53.4 Å². The van der Waals surface area contributed by atoms with Crippen molar-refractivity contribution in [3.8, 4) is 11.5 Å². The summed E-state index contributed by atoms with van der Waals surface area (Å²) in [4.78, 5) is 16.8. The molecule has 0 spiro atoms. The third kappa shape index (κ3) is 7.84. The van der Waals surface area contributed by atoms with Gasteiger partial charge in [-0.05, 0) is 49.8 Å². The summed E-state index contributed by atoms with van der Waals surface area (Å²) in [6.07, 6.45) is 0.396. The second kappa shape index (κ2) is 10.8. The zero-order valence-corrected chi connectivity index (χ0v) is 20.6. The minimum atomic E-state index is -4.04. The Morgan fingerprint density at radius 1 is 0.969 bits per heavy atom. The number of nitrogens with zero attached hydrogens (tertiary/aromatic N) is 2. The van der Waals surface area contributed by atoms with E-state index < -0.39 is 10.1 Å². The summed E-state index contributed by atoms with van der Waals surface area (Å²) >= 11 is 0.